The van der Waals surface area contributed by atoms with Gasteiger partial charge >= 0.3 is 0 Å². The van der Waals surface area contributed by atoms with E-state index in [9.17, 15) is 5.11 Å². The molecule has 0 aromatic heterocycles. The SMILES string of the molecule is C=CC[C@H]1OC(CO)[C@@H](C)C(O)C1[NH-].[Ac].[Ac].[Ac]. The van der Waals surface area contributed by atoms with E-state index in [0.717, 1.165) is 0 Å². The Morgan fingerprint density at radius 1 is 1.29 bits per heavy atom. The zero-order chi connectivity index (χ0) is 10.7. The van der Waals surface area contributed by atoms with Crippen LogP contribution in [0.15, 0.2) is 12.7 Å². The minimum atomic E-state index is -0.731. The third-order valence-electron chi connectivity index (χ3n) is 2.82. The van der Waals surface area contributed by atoms with Gasteiger partial charge in [0, 0.05) is 150 Å². The van der Waals surface area contributed by atoms with E-state index in [2.05, 4.69) is 6.58 Å². The Hall–Kier alpha value is 3.90. The van der Waals surface area contributed by atoms with Crippen molar-refractivity contribution in [2.45, 2.75) is 37.7 Å². The molecule has 1 aliphatic heterocycles. The van der Waals surface area contributed by atoms with E-state index in [1.807, 2.05) is 0 Å². The van der Waals surface area contributed by atoms with Gasteiger partial charge in [-0.15, -0.1) is 6.58 Å². The summed E-state index contributed by atoms with van der Waals surface area (Å²) < 4.78 is 5.50. The molecule has 0 aliphatic carbocycles. The summed E-state index contributed by atoms with van der Waals surface area (Å²) >= 11 is 0. The maximum atomic E-state index is 9.73. The van der Waals surface area contributed by atoms with E-state index in [1.54, 1.807) is 13.0 Å². The molecule has 1 fully saturated rings. The molecule has 3 radical (unpaired) electrons. The van der Waals surface area contributed by atoms with Gasteiger partial charge in [0.15, 0.2) is 0 Å². The summed E-state index contributed by atoms with van der Waals surface area (Å²) in [6.07, 6.45) is 0.760. The monoisotopic (exact) mass is 881 g/mol. The minimum absolute atomic E-state index is 0. The molecular weight excluding hydrogens is 863 g/mol. The topological polar surface area (TPSA) is 73.5 Å². The molecule has 0 spiro atoms. The van der Waals surface area contributed by atoms with Crippen LogP contribution in [0.5, 0.6) is 0 Å². The molecule has 1 rings (SSSR count). The van der Waals surface area contributed by atoms with E-state index in [-0.39, 0.29) is 157 Å². The van der Waals surface area contributed by atoms with E-state index < -0.39 is 12.1 Å². The van der Waals surface area contributed by atoms with Crippen molar-refractivity contribution in [2.75, 3.05) is 6.61 Å². The zero-order valence-electron chi connectivity index (χ0n) is 10.1. The molecule has 5 atom stereocenters. The molecule has 3 N–H and O–H groups in total. The fourth-order valence-electron chi connectivity index (χ4n) is 1.78. The molecule has 0 saturated carbocycles. The van der Waals surface area contributed by atoms with E-state index >= 15 is 0 Å². The molecule has 4 nitrogen and oxygen atoms in total. The summed E-state index contributed by atoms with van der Waals surface area (Å²) in [5, 5.41) is 18.8. The first-order valence-corrected chi connectivity index (χ1v) is 4.88. The second kappa shape index (κ2) is 13.6. The smallest absolute Gasteiger partial charge is 0.0858 e. The summed E-state index contributed by atoms with van der Waals surface area (Å²) in [6.45, 7) is 5.25. The van der Waals surface area contributed by atoms with Crippen LogP contribution >= 0.6 is 0 Å². The molecule has 1 saturated heterocycles. The Labute approximate surface area is 211 Å². The Bertz CT molecular complexity index is 207. The summed E-state index contributed by atoms with van der Waals surface area (Å²) in [7, 11) is 0. The van der Waals surface area contributed by atoms with Crippen LogP contribution in [0.25, 0.3) is 5.73 Å². The number of aliphatic hydroxyl groups excluding tert-OH is 2. The molecule has 7 heteroatoms. The molecule has 0 aromatic carbocycles. The molecule has 0 amide bonds. The van der Waals surface area contributed by atoms with Crippen LogP contribution in [0.4, 0.5) is 0 Å². The average molecular weight is 881 g/mol. The van der Waals surface area contributed by atoms with Crippen LogP contribution in [0, 0.1) is 138 Å². The number of hydrogen-bond acceptors (Lipinski definition) is 3. The summed E-state index contributed by atoms with van der Waals surface area (Å²) in [5.74, 6) is -0.191. The molecule has 0 bridgehead atoms. The normalized spacial score (nSPS) is 35.9. The second-order valence-electron chi connectivity index (χ2n) is 3.80. The van der Waals surface area contributed by atoms with Crippen LogP contribution in [0.1, 0.15) is 13.3 Å². The number of nitrogens with one attached hydrogen (secondary N) is 1. The van der Waals surface area contributed by atoms with Crippen molar-refractivity contribution in [3.63, 3.8) is 0 Å². The Morgan fingerprint density at radius 2 is 1.82 bits per heavy atom. The summed E-state index contributed by atoms with van der Waals surface area (Å²) in [4.78, 5) is 0. The van der Waals surface area contributed by atoms with Gasteiger partial charge in [0.2, 0.25) is 0 Å². The third kappa shape index (κ3) is 7.64. The van der Waals surface area contributed by atoms with Gasteiger partial charge in [-0.25, -0.2) is 0 Å². The predicted octanol–water partition coefficient (Wildman–Crippen LogP) is 0.740. The molecule has 0 aromatic rings. The summed E-state index contributed by atoms with van der Waals surface area (Å²) in [6, 6.07) is -0.647. The first-order valence-electron chi connectivity index (χ1n) is 4.88. The van der Waals surface area contributed by atoms with E-state index in [4.69, 9.17) is 15.6 Å². The third-order valence-corrected chi connectivity index (χ3v) is 2.82. The number of ether oxygens (including phenoxy) is 1. The number of rotatable bonds is 3. The van der Waals surface area contributed by atoms with E-state index in [0.29, 0.717) is 6.42 Å². The van der Waals surface area contributed by atoms with Crippen molar-refractivity contribution >= 4 is 0 Å². The zero-order valence-corrected chi connectivity index (χ0v) is 24.4. The Kier molecular flexibility index (Phi) is 20.6. The average Bonchev–Trinajstić information content (AvgIpc) is 2.19. The van der Waals surface area contributed by atoms with Gasteiger partial charge in [-0.1, -0.05) is 19.0 Å². The Morgan fingerprint density at radius 3 is 2.24 bits per heavy atom. The Balaban J connectivity index is -0.000000653. The first kappa shape index (κ1) is 25.8. The van der Waals surface area contributed by atoms with Crippen molar-refractivity contribution < 1.29 is 147 Å². The van der Waals surface area contributed by atoms with Crippen molar-refractivity contribution in [3.8, 4) is 0 Å². The second-order valence-corrected chi connectivity index (χ2v) is 3.80. The molecule has 1 aliphatic rings. The van der Waals surface area contributed by atoms with Crippen LogP contribution in [-0.2, 0) is 4.74 Å². The van der Waals surface area contributed by atoms with Gasteiger partial charge in [0.1, 0.15) is 0 Å². The van der Waals surface area contributed by atoms with Crippen LogP contribution < -0.4 is 0 Å². The van der Waals surface area contributed by atoms with Crippen molar-refractivity contribution in [3.05, 3.63) is 18.4 Å². The van der Waals surface area contributed by atoms with Crippen molar-refractivity contribution in [1.82, 2.24) is 0 Å². The summed E-state index contributed by atoms with van der Waals surface area (Å²) in [5.41, 5.74) is 7.73. The fraction of sp³-hybridized carbons (Fsp3) is 0.800. The number of hydrogen-bond donors (Lipinski definition) is 2. The maximum Gasteiger partial charge on any atom is 0.0858 e. The molecule has 91 valence electrons. The van der Waals surface area contributed by atoms with Gasteiger partial charge in [-0.3, -0.25) is 0 Å². The molecular formula is C10H18Ac3NO3-. The quantitative estimate of drug-likeness (QED) is 0.412. The van der Waals surface area contributed by atoms with Crippen molar-refractivity contribution in [1.29, 1.82) is 0 Å². The van der Waals surface area contributed by atoms with Crippen LogP contribution in [-0.4, -0.2) is 41.2 Å². The van der Waals surface area contributed by atoms with Gasteiger partial charge in [-0.2, -0.15) is 0 Å². The molecule has 1 heterocycles. The molecule has 3 unspecified atom stereocenters. The predicted molar refractivity (Wildman–Crippen MR) is 53.8 cm³/mol. The van der Waals surface area contributed by atoms with Gasteiger partial charge in [0.05, 0.1) is 12.7 Å². The van der Waals surface area contributed by atoms with Gasteiger partial charge in [-0.05, 0) is 6.42 Å². The van der Waals surface area contributed by atoms with E-state index in [1.165, 1.54) is 0 Å². The van der Waals surface area contributed by atoms with Gasteiger partial charge < -0.3 is 20.7 Å². The molecule has 17 heavy (non-hydrogen) atoms. The van der Waals surface area contributed by atoms with Crippen LogP contribution in [0.2, 0.25) is 0 Å². The number of aliphatic hydroxyl groups is 2. The van der Waals surface area contributed by atoms with Crippen molar-refractivity contribution in [2.24, 2.45) is 5.92 Å². The standard InChI is InChI=1S/C10H18NO3.3Ac/c1-3-4-7-9(11)10(13)6(2)8(5-12)14-7;;;/h3,6-13H,1,4-5H2,2H3;;;/q-1;;;/t6-,7-,8?,9?,10?;;;/m1.../s1. The first-order chi connectivity index (χ1) is 6.61. The maximum absolute atomic E-state index is 9.73. The van der Waals surface area contributed by atoms with Crippen LogP contribution in [0.3, 0.4) is 0 Å². The fourth-order valence-corrected chi connectivity index (χ4v) is 1.78. The largest absolute Gasteiger partial charge is 0.670 e. The minimum Gasteiger partial charge on any atom is -0.670 e. The van der Waals surface area contributed by atoms with Gasteiger partial charge in [0.25, 0.3) is 0 Å².